The molecule has 0 bridgehead atoms. The van der Waals surface area contributed by atoms with Crippen LogP contribution in [0.4, 0.5) is 4.39 Å². The Morgan fingerprint density at radius 1 is 1.30 bits per heavy atom. The molecule has 1 atom stereocenters. The molecule has 4 nitrogen and oxygen atoms in total. The molecule has 2 fully saturated rings. The third-order valence-corrected chi connectivity index (χ3v) is 5.03. The van der Waals surface area contributed by atoms with Crippen molar-refractivity contribution in [2.75, 3.05) is 33.8 Å². The van der Waals surface area contributed by atoms with Gasteiger partial charge in [-0.2, -0.15) is 0 Å². The van der Waals surface area contributed by atoms with Gasteiger partial charge in [-0.05, 0) is 33.0 Å². The summed E-state index contributed by atoms with van der Waals surface area (Å²) in [5.41, 5.74) is 0.273. The van der Waals surface area contributed by atoms with E-state index in [0.717, 1.165) is 25.7 Å². The molecular formula is C18H25FN2O2. The zero-order valence-corrected chi connectivity index (χ0v) is 13.9. The molecular weight excluding hydrogens is 295 g/mol. The van der Waals surface area contributed by atoms with Gasteiger partial charge < -0.3 is 9.64 Å². The van der Waals surface area contributed by atoms with Gasteiger partial charge in [-0.3, -0.25) is 9.69 Å². The summed E-state index contributed by atoms with van der Waals surface area (Å²) >= 11 is 0. The molecule has 1 aliphatic carbocycles. The molecule has 0 aromatic heterocycles. The second kappa shape index (κ2) is 6.57. The van der Waals surface area contributed by atoms with Crippen LogP contribution in [0.1, 0.15) is 37.3 Å². The van der Waals surface area contributed by atoms with Crippen LogP contribution < -0.4 is 0 Å². The standard InChI is InChI=1S/C18H25FN2O2/c1-20(2)16(14-7-3-4-8-15(14)19)17(22)21-11-12-23-18(13-21)9-5-6-10-18/h3-4,7-8,16H,5-6,9-13H2,1-2H3. The van der Waals surface area contributed by atoms with Crippen LogP contribution in [0.25, 0.3) is 0 Å². The number of morpholine rings is 1. The fourth-order valence-electron chi connectivity index (χ4n) is 3.86. The first kappa shape index (κ1) is 16.4. The van der Waals surface area contributed by atoms with Gasteiger partial charge in [0.15, 0.2) is 0 Å². The van der Waals surface area contributed by atoms with Gasteiger partial charge >= 0.3 is 0 Å². The van der Waals surface area contributed by atoms with Crippen molar-refractivity contribution in [3.05, 3.63) is 35.6 Å². The van der Waals surface area contributed by atoms with E-state index in [1.807, 2.05) is 19.0 Å². The van der Waals surface area contributed by atoms with Gasteiger partial charge in [0.1, 0.15) is 11.9 Å². The lowest BCUT2D eigenvalue weighted by atomic mass is 9.97. The smallest absolute Gasteiger partial charge is 0.244 e. The van der Waals surface area contributed by atoms with E-state index in [1.165, 1.54) is 6.07 Å². The number of nitrogens with zero attached hydrogens (tertiary/aromatic N) is 2. The molecule has 1 amide bonds. The Balaban J connectivity index is 1.83. The maximum atomic E-state index is 14.2. The highest BCUT2D eigenvalue weighted by atomic mass is 19.1. The Morgan fingerprint density at radius 3 is 2.65 bits per heavy atom. The molecule has 1 spiro atoms. The third kappa shape index (κ3) is 3.26. The number of hydrogen-bond acceptors (Lipinski definition) is 3. The highest BCUT2D eigenvalue weighted by molar-refractivity contribution is 5.83. The van der Waals surface area contributed by atoms with Crippen molar-refractivity contribution in [2.24, 2.45) is 0 Å². The lowest BCUT2D eigenvalue weighted by Crippen LogP contribution is -2.54. The first-order chi connectivity index (χ1) is 11.0. The Labute approximate surface area is 137 Å². The summed E-state index contributed by atoms with van der Waals surface area (Å²) in [5.74, 6) is -0.363. The van der Waals surface area contributed by atoms with Crippen molar-refractivity contribution in [1.29, 1.82) is 0 Å². The van der Waals surface area contributed by atoms with Gasteiger partial charge in [-0.15, -0.1) is 0 Å². The fraction of sp³-hybridized carbons (Fsp3) is 0.611. The van der Waals surface area contributed by atoms with Gasteiger partial charge in [0.05, 0.1) is 12.2 Å². The first-order valence-electron chi connectivity index (χ1n) is 8.36. The third-order valence-electron chi connectivity index (χ3n) is 5.03. The van der Waals surface area contributed by atoms with E-state index in [0.29, 0.717) is 25.3 Å². The number of rotatable bonds is 3. The van der Waals surface area contributed by atoms with Crippen molar-refractivity contribution in [3.63, 3.8) is 0 Å². The van der Waals surface area contributed by atoms with Crippen molar-refractivity contribution in [3.8, 4) is 0 Å². The molecule has 1 aromatic rings. The highest BCUT2D eigenvalue weighted by Crippen LogP contribution is 2.37. The number of likely N-dealkylation sites (N-methyl/N-ethyl adjacent to an activating group) is 1. The van der Waals surface area contributed by atoms with Crippen LogP contribution in [0.15, 0.2) is 24.3 Å². The SMILES string of the molecule is CN(C)C(C(=O)N1CCOC2(CCCC2)C1)c1ccccc1F. The number of benzene rings is 1. The number of ether oxygens (including phenoxy) is 1. The predicted octanol–water partition coefficient (Wildman–Crippen LogP) is 2.60. The van der Waals surface area contributed by atoms with Gasteiger partial charge in [-0.25, -0.2) is 4.39 Å². The summed E-state index contributed by atoms with van der Waals surface area (Å²) in [7, 11) is 3.64. The van der Waals surface area contributed by atoms with Crippen LogP contribution in [0.3, 0.4) is 0 Å². The molecule has 0 N–H and O–H groups in total. The molecule has 2 aliphatic rings. The van der Waals surface area contributed by atoms with E-state index in [-0.39, 0.29) is 17.3 Å². The first-order valence-corrected chi connectivity index (χ1v) is 8.36. The Hall–Kier alpha value is -1.46. The normalized spacial score (nSPS) is 21.8. The van der Waals surface area contributed by atoms with Gasteiger partial charge in [-0.1, -0.05) is 31.0 Å². The highest BCUT2D eigenvalue weighted by Gasteiger charge is 2.42. The summed E-state index contributed by atoms with van der Waals surface area (Å²) in [4.78, 5) is 16.8. The molecule has 1 saturated heterocycles. The quantitative estimate of drug-likeness (QED) is 0.858. The van der Waals surface area contributed by atoms with Crippen molar-refractivity contribution < 1.29 is 13.9 Å². The molecule has 1 aliphatic heterocycles. The number of hydrogen-bond donors (Lipinski definition) is 0. The average molecular weight is 320 g/mol. The second-order valence-corrected chi connectivity index (χ2v) is 6.89. The van der Waals surface area contributed by atoms with Crippen LogP contribution in [-0.4, -0.2) is 55.1 Å². The Kier molecular flexibility index (Phi) is 4.69. The predicted molar refractivity (Wildman–Crippen MR) is 86.6 cm³/mol. The molecule has 5 heteroatoms. The lowest BCUT2D eigenvalue weighted by molar-refractivity contribution is -0.154. The average Bonchev–Trinajstić information content (AvgIpc) is 2.97. The zero-order valence-electron chi connectivity index (χ0n) is 13.9. The summed E-state index contributed by atoms with van der Waals surface area (Å²) < 4.78 is 20.2. The molecule has 126 valence electrons. The summed E-state index contributed by atoms with van der Waals surface area (Å²) in [6.07, 6.45) is 4.35. The molecule has 23 heavy (non-hydrogen) atoms. The number of carbonyl (C=O) groups excluding carboxylic acids is 1. The van der Waals surface area contributed by atoms with E-state index < -0.39 is 6.04 Å². The fourth-order valence-corrected chi connectivity index (χ4v) is 3.86. The number of halogens is 1. The molecule has 1 unspecified atom stereocenters. The van der Waals surface area contributed by atoms with Crippen LogP contribution >= 0.6 is 0 Å². The van der Waals surface area contributed by atoms with E-state index in [2.05, 4.69) is 0 Å². The number of carbonyl (C=O) groups is 1. The Morgan fingerprint density at radius 2 is 2.00 bits per heavy atom. The monoisotopic (exact) mass is 320 g/mol. The maximum absolute atomic E-state index is 14.2. The van der Waals surface area contributed by atoms with Crippen molar-refractivity contribution in [2.45, 2.75) is 37.3 Å². The van der Waals surface area contributed by atoms with Gasteiger partial charge in [0.25, 0.3) is 0 Å². The van der Waals surface area contributed by atoms with E-state index in [1.54, 1.807) is 23.1 Å². The molecule has 1 heterocycles. The number of amides is 1. The molecule has 0 radical (unpaired) electrons. The van der Waals surface area contributed by atoms with E-state index >= 15 is 0 Å². The minimum absolute atomic E-state index is 0.0327. The Bertz CT molecular complexity index is 570. The zero-order chi connectivity index (χ0) is 16.4. The lowest BCUT2D eigenvalue weighted by Gasteiger charge is -2.42. The molecule has 1 aromatic carbocycles. The topological polar surface area (TPSA) is 32.8 Å². The van der Waals surface area contributed by atoms with E-state index in [4.69, 9.17) is 4.74 Å². The minimum atomic E-state index is -0.590. The van der Waals surface area contributed by atoms with Gasteiger partial charge in [0.2, 0.25) is 5.91 Å². The van der Waals surface area contributed by atoms with Gasteiger partial charge in [0, 0.05) is 18.7 Å². The van der Waals surface area contributed by atoms with E-state index in [9.17, 15) is 9.18 Å². The molecule has 1 saturated carbocycles. The van der Waals surface area contributed by atoms with Crippen LogP contribution in [0.2, 0.25) is 0 Å². The van der Waals surface area contributed by atoms with Crippen LogP contribution in [0, 0.1) is 5.82 Å². The maximum Gasteiger partial charge on any atom is 0.244 e. The molecule has 3 rings (SSSR count). The van der Waals surface area contributed by atoms with Crippen LogP contribution in [0.5, 0.6) is 0 Å². The van der Waals surface area contributed by atoms with Crippen molar-refractivity contribution >= 4 is 5.91 Å². The van der Waals surface area contributed by atoms with Crippen LogP contribution in [-0.2, 0) is 9.53 Å². The largest absolute Gasteiger partial charge is 0.371 e. The van der Waals surface area contributed by atoms with Crippen molar-refractivity contribution in [1.82, 2.24) is 9.80 Å². The second-order valence-electron chi connectivity index (χ2n) is 6.89. The summed E-state index contributed by atoms with van der Waals surface area (Å²) in [6.45, 7) is 1.78. The summed E-state index contributed by atoms with van der Waals surface area (Å²) in [6, 6.07) is 5.95. The minimum Gasteiger partial charge on any atom is -0.371 e. The summed E-state index contributed by atoms with van der Waals surface area (Å²) in [5, 5.41) is 0.